The molecule has 0 amide bonds. The van der Waals surface area contributed by atoms with E-state index in [4.69, 9.17) is 14.6 Å². The second kappa shape index (κ2) is 6.06. The Kier molecular flexibility index (Phi) is 4.20. The highest BCUT2D eigenvalue weighted by Crippen LogP contribution is 2.23. The van der Waals surface area contributed by atoms with Crippen molar-refractivity contribution in [1.82, 2.24) is 0 Å². The van der Waals surface area contributed by atoms with Crippen molar-refractivity contribution < 1.29 is 23.8 Å². The van der Waals surface area contributed by atoms with E-state index in [9.17, 15) is 9.18 Å². The third kappa shape index (κ3) is 3.06. The summed E-state index contributed by atoms with van der Waals surface area (Å²) >= 11 is 0. The van der Waals surface area contributed by atoms with Crippen LogP contribution in [0.25, 0.3) is 0 Å². The van der Waals surface area contributed by atoms with E-state index in [1.165, 1.54) is 31.4 Å². The summed E-state index contributed by atoms with van der Waals surface area (Å²) in [5, 5.41) is 8.90. The molecule has 0 saturated heterocycles. The molecule has 0 heterocycles. The first-order chi connectivity index (χ1) is 9.61. The van der Waals surface area contributed by atoms with Gasteiger partial charge in [0.05, 0.1) is 12.7 Å². The van der Waals surface area contributed by atoms with Crippen LogP contribution < -0.4 is 9.47 Å². The van der Waals surface area contributed by atoms with Crippen LogP contribution >= 0.6 is 0 Å². The molecule has 0 unspecified atom stereocenters. The van der Waals surface area contributed by atoms with Crippen molar-refractivity contribution in [2.75, 3.05) is 7.11 Å². The lowest BCUT2D eigenvalue weighted by Crippen LogP contribution is -2.03. The van der Waals surface area contributed by atoms with Crippen molar-refractivity contribution >= 4 is 5.97 Å². The first-order valence-corrected chi connectivity index (χ1v) is 5.89. The molecular weight excluding hydrogens is 263 g/mol. The highest BCUT2D eigenvalue weighted by Gasteiger charge is 2.10. The minimum absolute atomic E-state index is 0.0873. The van der Waals surface area contributed by atoms with Gasteiger partial charge in [0.2, 0.25) is 0 Å². The van der Waals surface area contributed by atoms with Crippen LogP contribution in [0.4, 0.5) is 4.39 Å². The average Bonchev–Trinajstić information content (AvgIpc) is 2.46. The highest BCUT2D eigenvalue weighted by atomic mass is 19.1. The van der Waals surface area contributed by atoms with E-state index in [1.807, 2.05) is 0 Å². The summed E-state index contributed by atoms with van der Waals surface area (Å²) in [7, 11) is 1.44. The quantitative estimate of drug-likeness (QED) is 0.911. The largest absolute Gasteiger partial charge is 0.496 e. The van der Waals surface area contributed by atoms with Gasteiger partial charge in [-0.15, -0.1) is 0 Å². The zero-order chi connectivity index (χ0) is 14.5. The predicted molar refractivity (Wildman–Crippen MR) is 70.7 cm³/mol. The summed E-state index contributed by atoms with van der Waals surface area (Å²) in [6, 6.07) is 10.5. The van der Waals surface area contributed by atoms with E-state index < -0.39 is 11.8 Å². The van der Waals surface area contributed by atoms with E-state index >= 15 is 0 Å². The number of halogens is 1. The molecule has 2 rings (SSSR count). The fraction of sp³-hybridized carbons (Fsp3) is 0.133. The number of rotatable bonds is 5. The van der Waals surface area contributed by atoms with Gasteiger partial charge in [-0.1, -0.05) is 18.2 Å². The summed E-state index contributed by atoms with van der Waals surface area (Å²) in [5.74, 6) is -0.961. The number of hydrogen-bond donors (Lipinski definition) is 1. The molecule has 2 aromatic rings. The second-order valence-electron chi connectivity index (χ2n) is 4.05. The number of hydrogen-bond acceptors (Lipinski definition) is 3. The van der Waals surface area contributed by atoms with E-state index in [0.717, 1.165) is 0 Å². The van der Waals surface area contributed by atoms with E-state index in [2.05, 4.69) is 0 Å². The molecule has 0 aliphatic carbocycles. The molecule has 0 radical (unpaired) electrons. The molecular formula is C15H13FO4. The maximum absolute atomic E-state index is 13.4. The Labute approximate surface area is 115 Å². The normalized spacial score (nSPS) is 10.1. The first kappa shape index (κ1) is 13.9. The zero-order valence-corrected chi connectivity index (χ0v) is 10.8. The standard InChI is InChI=1S/C15H13FO4/c1-19-14-8-10(15(17)18)6-7-11(14)9-20-13-5-3-2-4-12(13)16/h2-8H,9H2,1H3,(H,17,18). The van der Waals surface area contributed by atoms with Gasteiger partial charge in [-0.3, -0.25) is 0 Å². The van der Waals surface area contributed by atoms with Gasteiger partial charge >= 0.3 is 5.97 Å². The summed E-state index contributed by atoms with van der Waals surface area (Å²) in [4.78, 5) is 10.9. The fourth-order valence-electron chi connectivity index (χ4n) is 1.71. The van der Waals surface area contributed by atoms with Gasteiger partial charge in [0.25, 0.3) is 0 Å². The van der Waals surface area contributed by atoms with Gasteiger partial charge in [-0.2, -0.15) is 0 Å². The Morgan fingerprint density at radius 3 is 2.60 bits per heavy atom. The lowest BCUT2D eigenvalue weighted by atomic mass is 10.1. The third-order valence-electron chi connectivity index (χ3n) is 2.75. The number of ether oxygens (including phenoxy) is 2. The minimum atomic E-state index is -1.04. The van der Waals surface area contributed by atoms with Crippen LogP contribution in [0.3, 0.4) is 0 Å². The lowest BCUT2D eigenvalue weighted by molar-refractivity contribution is 0.0696. The molecule has 0 saturated carbocycles. The molecule has 0 aromatic heterocycles. The van der Waals surface area contributed by atoms with Crippen LogP contribution in [-0.2, 0) is 6.61 Å². The Bertz CT molecular complexity index is 625. The van der Waals surface area contributed by atoms with E-state index in [-0.39, 0.29) is 17.9 Å². The summed E-state index contributed by atoms with van der Waals surface area (Å²) in [6.07, 6.45) is 0. The average molecular weight is 276 g/mol. The Morgan fingerprint density at radius 2 is 1.95 bits per heavy atom. The van der Waals surface area contributed by atoms with Crippen LogP contribution in [0, 0.1) is 5.82 Å². The van der Waals surface area contributed by atoms with Gasteiger partial charge in [0.15, 0.2) is 11.6 Å². The van der Waals surface area contributed by atoms with Crippen LogP contribution in [0.5, 0.6) is 11.5 Å². The van der Waals surface area contributed by atoms with Crippen molar-refractivity contribution in [3.8, 4) is 11.5 Å². The Hall–Kier alpha value is -2.56. The lowest BCUT2D eigenvalue weighted by Gasteiger charge is -2.11. The molecule has 0 bridgehead atoms. The SMILES string of the molecule is COc1cc(C(=O)O)ccc1COc1ccccc1F. The van der Waals surface area contributed by atoms with Crippen molar-refractivity contribution in [2.24, 2.45) is 0 Å². The Morgan fingerprint density at radius 1 is 1.20 bits per heavy atom. The number of methoxy groups -OCH3 is 1. The summed E-state index contributed by atoms with van der Waals surface area (Å²) in [5.41, 5.74) is 0.761. The number of carboxylic acid groups (broad SMARTS) is 1. The van der Waals surface area contributed by atoms with E-state index in [0.29, 0.717) is 11.3 Å². The number of carbonyl (C=O) groups is 1. The molecule has 0 aliphatic rings. The molecule has 5 heteroatoms. The van der Waals surface area contributed by atoms with E-state index in [1.54, 1.807) is 18.2 Å². The zero-order valence-electron chi connectivity index (χ0n) is 10.8. The second-order valence-corrected chi connectivity index (χ2v) is 4.05. The number of benzene rings is 2. The Balaban J connectivity index is 2.17. The van der Waals surface area contributed by atoms with Crippen LogP contribution in [0.15, 0.2) is 42.5 Å². The van der Waals surface area contributed by atoms with Crippen molar-refractivity contribution in [3.63, 3.8) is 0 Å². The number of aromatic carboxylic acids is 1. The maximum atomic E-state index is 13.4. The molecule has 4 nitrogen and oxygen atoms in total. The first-order valence-electron chi connectivity index (χ1n) is 5.89. The molecule has 0 aliphatic heterocycles. The minimum Gasteiger partial charge on any atom is -0.496 e. The molecule has 0 atom stereocenters. The fourth-order valence-corrected chi connectivity index (χ4v) is 1.71. The highest BCUT2D eigenvalue weighted by molar-refractivity contribution is 5.88. The van der Waals surface area contributed by atoms with Gasteiger partial charge in [-0.25, -0.2) is 9.18 Å². The number of carboxylic acids is 1. The smallest absolute Gasteiger partial charge is 0.335 e. The van der Waals surface area contributed by atoms with Crippen molar-refractivity contribution in [3.05, 3.63) is 59.4 Å². The molecule has 2 aromatic carbocycles. The van der Waals surface area contributed by atoms with Crippen LogP contribution in [-0.4, -0.2) is 18.2 Å². The summed E-state index contributed by atoms with van der Waals surface area (Å²) < 4.78 is 23.9. The summed E-state index contributed by atoms with van der Waals surface area (Å²) in [6.45, 7) is 0.0873. The monoisotopic (exact) mass is 276 g/mol. The van der Waals surface area contributed by atoms with Gasteiger partial charge in [-0.05, 0) is 24.3 Å². The van der Waals surface area contributed by atoms with Crippen molar-refractivity contribution in [1.29, 1.82) is 0 Å². The predicted octanol–water partition coefficient (Wildman–Crippen LogP) is 3.11. The molecule has 0 fully saturated rings. The topological polar surface area (TPSA) is 55.8 Å². The van der Waals surface area contributed by atoms with Crippen LogP contribution in [0.1, 0.15) is 15.9 Å². The van der Waals surface area contributed by atoms with Crippen LogP contribution in [0.2, 0.25) is 0 Å². The maximum Gasteiger partial charge on any atom is 0.335 e. The van der Waals surface area contributed by atoms with Crippen molar-refractivity contribution in [2.45, 2.75) is 6.61 Å². The van der Waals surface area contributed by atoms with Gasteiger partial charge in [0, 0.05) is 5.56 Å². The molecule has 104 valence electrons. The third-order valence-corrected chi connectivity index (χ3v) is 2.75. The van der Waals surface area contributed by atoms with Gasteiger partial charge < -0.3 is 14.6 Å². The molecule has 1 N–H and O–H groups in total. The molecule has 20 heavy (non-hydrogen) atoms. The number of para-hydroxylation sites is 1. The van der Waals surface area contributed by atoms with Gasteiger partial charge in [0.1, 0.15) is 12.4 Å². The molecule has 0 spiro atoms.